The summed E-state index contributed by atoms with van der Waals surface area (Å²) in [5.41, 5.74) is 0.723. The molecule has 0 spiro atoms. The maximum atomic E-state index is 13.8. The van der Waals surface area contributed by atoms with Gasteiger partial charge < -0.3 is 5.32 Å². The van der Waals surface area contributed by atoms with Gasteiger partial charge in [0, 0.05) is 11.1 Å². The first-order valence-corrected chi connectivity index (χ1v) is 7.10. The summed E-state index contributed by atoms with van der Waals surface area (Å²) in [5, 5.41) is 3.97. The Bertz CT molecular complexity index is 407. The third kappa shape index (κ3) is 3.04. The monoisotopic (exact) mass is 269 g/mol. The molecule has 0 amide bonds. The number of hydrogen-bond acceptors (Lipinski definition) is 1. The predicted octanol–water partition coefficient (Wildman–Crippen LogP) is 4.05. The Kier molecular flexibility index (Phi) is 4.63. The van der Waals surface area contributed by atoms with Crippen LogP contribution in [0.15, 0.2) is 18.2 Å². The highest BCUT2D eigenvalue weighted by atomic mass is 35.5. The largest absolute Gasteiger partial charge is 0.316 e. The normalized spacial score (nSPS) is 25.3. The molecule has 0 aromatic heterocycles. The van der Waals surface area contributed by atoms with Crippen LogP contribution in [0, 0.1) is 17.7 Å². The second-order valence-corrected chi connectivity index (χ2v) is 5.84. The van der Waals surface area contributed by atoms with Crippen LogP contribution in [0.2, 0.25) is 5.02 Å². The summed E-state index contributed by atoms with van der Waals surface area (Å²) in [6.07, 6.45) is 4.55. The van der Waals surface area contributed by atoms with Crippen LogP contribution in [0.4, 0.5) is 4.39 Å². The van der Waals surface area contributed by atoms with Crippen LogP contribution in [0.3, 0.4) is 0 Å². The first-order chi connectivity index (χ1) is 8.61. The summed E-state index contributed by atoms with van der Waals surface area (Å²) >= 11 is 5.94. The summed E-state index contributed by atoms with van der Waals surface area (Å²) < 4.78 is 13.8. The van der Waals surface area contributed by atoms with Crippen LogP contribution >= 0.6 is 11.6 Å². The minimum atomic E-state index is -0.148. The average Bonchev–Trinajstić information content (AvgIpc) is 2.77. The Morgan fingerprint density at radius 1 is 1.44 bits per heavy atom. The van der Waals surface area contributed by atoms with Gasteiger partial charge in [0.25, 0.3) is 0 Å². The molecule has 0 saturated heterocycles. The number of likely N-dealkylation sites (N-methyl/N-ethyl adjacent to an activating group) is 1. The highest BCUT2D eigenvalue weighted by molar-refractivity contribution is 6.30. The van der Waals surface area contributed by atoms with Crippen molar-refractivity contribution in [3.8, 4) is 0 Å². The predicted molar refractivity (Wildman–Crippen MR) is 74.5 cm³/mol. The molecule has 1 nitrogen and oxygen atoms in total. The van der Waals surface area contributed by atoms with E-state index in [-0.39, 0.29) is 5.82 Å². The van der Waals surface area contributed by atoms with Gasteiger partial charge in [-0.15, -0.1) is 0 Å². The molecule has 0 heterocycles. The van der Waals surface area contributed by atoms with E-state index in [0.29, 0.717) is 17.0 Å². The first-order valence-electron chi connectivity index (χ1n) is 6.73. The molecule has 1 aromatic carbocycles. The zero-order valence-electron chi connectivity index (χ0n) is 11.0. The summed E-state index contributed by atoms with van der Waals surface area (Å²) in [7, 11) is 1.97. The van der Waals surface area contributed by atoms with Crippen LogP contribution in [0.25, 0.3) is 0 Å². The second kappa shape index (κ2) is 6.03. The fraction of sp³-hybridized carbons (Fsp3) is 0.600. The van der Waals surface area contributed by atoms with E-state index in [1.54, 1.807) is 12.1 Å². The molecule has 0 bridgehead atoms. The van der Waals surface area contributed by atoms with E-state index in [1.165, 1.54) is 25.3 Å². The van der Waals surface area contributed by atoms with Crippen LogP contribution in [-0.2, 0) is 6.42 Å². The van der Waals surface area contributed by atoms with Gasteiger partial charge in [-0.05, 0) is 55.5 Å². The standard InChI is InChI=1S/C15H21ClFN/c1-10-4-3-5-13(10)15(18-2)9-11-8-12(16)6-7-14(11)17/h6-8,10,13,15,18H,3-5,9H2,1-2H3. The van der Waals surface area contributed by atoms with Crippen molar-refractivity contribution in [1.29, 1.82) is 0 Å². The van der Waals surface area contributed by atoms with Crippen molar-refractivity contribution in [3.63, 3.8) is 0 Å². The fourth-order valence-corrected chi connectivity index (χ4v) is 3.37. The van der Waals surface area contributed by atoms with E-state index in [2.05, 4.69) is 12.2 Å². The van der Waals surface area contributed by atoms with Gasteiger partial charge in [0.2, 0.25) is 0 Å². The SMILES string of the molecule is CNC(Cc1cc(Cl)ccc1F)C1CCCC1C. The number of halogens is 2. The van der Waals surface area contributed by atoms with E-state index < -0.39 is 0 Å². The minimum Gasteiger partial charge on any atom is -0.316 e. The third-order valence-corrected chi connectivity index (χ3v) is 4.50. The molecule has 3 heteroatoms. The Morgan fingerprint density at radius 3 is 2.83 bits per heavy atom. The second-order valence-electron chi connectivity index (χ2n) is 5.41. The molecule has 2 rings (SSSR count). The number of hydrogen-bond donors (Lipinski definition) is 1. The minimum absolute atomic E-state index is 0.148. The fourth-order valence-electron chi connectivity index (χ4n) is 3.18. The molecule has 0 radical (unpaired) electrons. The van der Waals surface area contributed by atoms with E-state index in [0.717, 1.165) is 17.9 Å². The van der Waals surface area contributed by atoms with Gasteiger partial charge in [0.05, 0.1) is 0 Å². The van der Waals surface area contributed by atoms with E-state index in [9.17, 15) is 4.39 Å². The molecule has 0 aliphatic heterocycles. The summed E-state index contributed by atoms with van der Waals surface area (Å²) in [5.74, 6) is 1.23. The lowest BCUT2D eigenvalue weighted by Gasteiger charge is -2.27. The summed E-state index contributed by atoms with van der Waals surface area (Å²) in [6, 6.07) is 5.16. The topological polar surface area (TPSA) is 12.0 Å². The van der Waals surface area contributed by atoms with E-state index in [4.69, 9.17) is 11.6 Å². The van der Waals surface area contributed by atoms with Crippen LogP contribution in [0.1, 0.15) is 31.7 Å². The highest BCUT2D eigenvalue weighted by Crippen LogP contribution is 2.35. The molecule has 1 saturated carbocycles. The van der Waals surface area contributed by atoms with Crippen molar-refractivity contribution in [2.75, 3.05) is 7.05 Å². The summed E-state index contributed by atoms with van der Waals surface area (Å²) in [4.78, 5) is 0. The van der Waals surface area contributed by atoms with Crippen LogP contribution in [-0.4, -0.2) is 13.1 Å². The Balaban J connectivity index is 2.12. The quantitative estimate of drug-likeness (QED) is 0.870. The number of rotatable bonds is 4. The highest BCUT2D eigenvalue weighted by Gasteiger charge is 2.30. The van der Waals surface area contributed by atoms with Crippen molar-refractivity contribution < 1.29 is 4.39 Å². The van der Waals surface area contributed by atoms with Gasteiger partial charge in [-0.25, -0.2) is 4.39 Å². The smallest absolute Gasteiger partial charge is 0.126 e. The molecule has 1 aliphatic rings. The van der Waals surface area contributed by atoms with Crippen LogP contribution in [0.5, 0.6) is 0 Å². The molecule has 1 N–H and O–H groups in total. The average molecular weight is 270 g/mol. The van der Waals surface area contributed by atoms with Gasteiger partial charge in [-0.1, -0.05) is 31.4 Å². The van der Waals surface area contributed by atoms with E-state index in [1.807, 2.05) is 7.05 Å². The first kappa shape index (κ1) is 13.8. The number of nitrogens with one attached hydrogen (secondary N) is 1. The molecule has 18 heavy (non-hydrogen) atoms. The Hall–Kier alpha value is -0.600. The van der Waals surface area contributed by atoms with Gasteiger partial charge in [-0.2, -0.15) is 0 Å². The van der Waals surface area contributed by atoms with Crippen molar-refractivity contribution in [2.24, 2.45) is 11.8 Å². The zero-order valence-corrected chi connectivity index (χ0v) is 11.8. The van der Waals surface area contributed by atoms with Gasteiger partial charge in [0.1, 0.15) is 5.82 Å². The number of benzene rings is 1. The molecule has 1 fully saturated rings. The molecule has 1 aromatic rings. The maximum absolute atomic E-state index is 13.8. The lowest BCUT2D eigenvalue weighted by molar-refractivity contribution is 0.306. The Morgan fingerprint density at radius 2 is 2.22 bits per heavy atom. The van der Waals surface area contributed by atoms with Crippen molar-refractivity contribution in [1.82, 2.24) is 5.32 Å². The Labute approximate surface area is 114 Å². The molecular weight excluding hydrogens is 249 g/mol. The molecular formula is C15H21ClFN. The lowest BCUT2D eigenvalue weighted by Crippen LogP contribution is -2.37. The lowest BCUT2D eigenvalue weighted by atomic mass is 9.86. The van der Waals surface area contributed by atoms with Crippen molar-refractivity contribution in [3.05, 3.63) is 34.6 Å². The molecule has 100 valence electrons. The zero-order chi connectivity index (χ0) is 13.1. The molecule has 3 unspecified atom stereocenters. The van der Waals surface area contributed by atoms with Gasteiger partial charge in [0.15, 0.2) is 0 Å². The summed E-state index contributed by atoms with van der Waals surface area (Å²) in [6.45, 7) is 2.30. The van der Waals surface area contributed by atoms with Crippen LogP contribution < -0.4 is 5.32 Å². The maximum Gasteiger partial charge on any atom is 0.126 e. The van der Waals surface area contributed by atoms with Crippen molar-refractivity contribution >= 4 is 11.6 Å². The van der Waals surface area contributed by atoms with E-state index >= 15 is 0 Å². The molecule has 1 aliphatic carbocycles. The van der Waals surface area contributed by atoms with Crippen molar-refractivity contribution in [2.45, 2.75) is 38.6 Å². The van der Waals surface area contributed by atoms with Gasteiger partial charge >= 0.3 is 0 Å². The third-order valence-electron chi connectivity index (χ3n) is 4.26. The van der Waals surface area contributed by atoms with Gasteiger partial charge in [-0.3, -0.25) is 0 Å². The molecule has 3 atom stereocenters.